The van der Waals surface area contributed by atoms with Crippen LogP contribution < -0.4 is 4.90 Å². The van der Waals surface area contributed by atoms with Crippen molar-refractivity contribution in [3.63, 3.8) is 0 Å². The van der Waals surface area contributed by atoms with Crippen molar-refractivity contribution in [2.45, 2.75) is 19.3 Å². The van der Waals surface area contributed by atoms with Gasteiger partial charge in [-0.1, -0.05) is 11.6 Å². The van der Waals surface area contributed by atoms with Crippen LogP contribution in [0.5, 0.6) is 0 Å². The van der Waals surface area contributed by atoms with Crippen LogP contribution in [0.4, 0.5) is 11.5 Å². The molecule has 0 N–H and O–H groups in total. The minimum absolute atomic E-state index is 0.144. The first-order valence-corrected chi connectivity index (χ1v) is 9.24. The van der Waals surface area contributed by atoms with Crippen LogP contribution in [0.1, 0.15) is 28.0 Å². The van der Waals surface area contributed by atoms with Gasteiger partial charge in [-0.15, -0.1) is 5.10 Å². The third-order valence-corrected chi connectivity index (χ3v) is 5.42. The second-order valence-electron chi connectivity index (χ2n) is 6.73. The molecule has 0 spiro atoms. The number of rotatable bonds is 3. The first-order chi connectivity index (χ1) is 13.0. The average Bonchev–Trinajstić information content (AvgIpc) is 3.15. The topological polar surface area (TPSA) is 92.5 Å². The van der Waals surface area contributed by atoms with E-state index in [1.165, 1.54) is 23.8 Å². The summed E-state index contributed by atoms with van der Waals surface area (Å²) in [6, 6.07) is 6.03. The van der Waals surface area contributed by atoms with Crippen LogP contribution in [-0.4, -0.2) is 52.1 Å². The van der Waals surface area contributed by atoms with Crippen LogP contribution in [0.2, 0.25) is 5.02 Å². The number of benzene rings is 1. The molecule has 0 radical (unpaired) electrons. The highest BCUT2D eigenvalue weighted by Gasteiger charge is 2.26. The molecule has 2 aromatic rings. The number of carbonyl (C=O) groups is 1. The number of hydrogen-bond acceptors (Lipinski definition) is 6. The van der Waals surface area contributed by atoms with Gasteiger partial charge in [0, 0.05) is 38.3 Å². The zero-order valence-corrected chi connectivity index (χ0v) is 15.4. The van der Waals surface area contributed by atoms with Crippen LogP contribution >= 0.6 is 11.6 Å². The maximum absolute atomic E-state index is 12.8. The van der Waals surface area contributed by atoms with Crippen molar-refractivity contribution in [3.05, 3.63) is 56.2 Å². The van der Waals surface area contributed by atoms with E-state index in [9.17, 15) is 14.9 Å². The van der Waals surface area contributed by atoms with Gasteiger partial charge < -0.3 is 9.80 Å². The number of piperazine rings is 1. The summed E-state index contributed by atoms with van der Waals surface area (Å²) in [6.07, 6.45) is 3.16. The molecule has 1 aliphatic heterocycles. The van der Waals surface area contributed by atoms with Gasteiger partial charge in [0.05, 0.1) is 21.2 Å². The highest BCUT2D eigenvalue weighted by molar-refractivity contribution is 6.33. The Balaban J connectivity index is 1.45. The molecule has 8 nitrogen and oxygen atoms in total. The summed E-state index contributed by atoms with van der Waals surface area (Å²) in [5.41, 5.74) is 2.38. The Morgan fingerprint density at radius 2 is 1.89 bits per heavy atom. The number of aryl methyl sites for hydroxylation is 2. The maximum Gasteiger partial charge on any atom is 0.270 e. The summed E-state index contributed by atoms with van der Waals surface area (Å²) in [7, 11) is 0. The first kappa shape index (κ1) is 17.7. The number of anilines is 1. The normalized spacial score (nSPS) is 16.3. The van der Waals surface area contributed by atoms with Crippen molar-refractivity contribution in [1.82, 2.24) is 15.1 Å². The second kappa shape index (κ2) is 7.11. The number of amides is 1. The largest absolute Gasteiger partial charge is 0.352 e. The molecule has 27 heavy (non-hydrogen) atoms. The quantitative estimate of drug-likeness (QED) is 0.593. The van der Waals surface area contributed by atoms with Gasteiger partial charge in [0.25, 0.3) is 11.6 Å². The van der Waals surface area contributed by atoms with E-state index in [-0.39, 0.29) is 22.2 Å². The van der Waals surface area contributed by atoms with E-state index in [1.807, 2.05) is 0 Å². The molecule has 1 amide bonds. The molecule has 9 heteroatoms. The number of fused-ring (bicyclic) bond motifs is 1. The van der Waals surface area contributed by atoms with Crippen molar-refractivity contribution in [1.29, 1.82) is 0 Å². The van der Waals surface area contributed by atoms with Gasteiger partial charge in [-0.2, -0.15) is 5.10 Å². The molecule has 1 saturated heterocycles. The molecule has 140 valence electrons. The summed E-state index contributed by atoms with van der Waals surface area (Å²) in [5, 5.41) is 19.8. The Hall–Kier alpha value is -2.74. The highest BCUT2D eigenvalue weighted by Crippen LogP contribution is 2.26. The van der Waals surface area contributed by atoms with E-state index in [2.05, 4.69) is 21.2 Å². The number of nitro groups is 1. The lowest BCUT2D eigenvalue weighted by Crippen LogP contribution is -2.49. The van der Waals surface area contributed by atoms with Gasteiger partial charge in [-0.25, -0.2) is 0 Å². The van der Waals surface area contributed by atoms with E-state index in [1.54, 1.807) is 4.90 Å². The van der Waals surface area contributed by atoms with Crippen molar-refractivity contribution in [2.24, 2.45) is 0 Å². The molecule has 1 aromatic carbocycles. The molecule has 0 saturated carbocycles. The molecule has 1 aliphatic carbocycles. The van der Waals surface area contributed by atoms with Crippen molar-refractivity contribution < 1.29 is 9.72 Å². The number of carbonyl (C=O) groups excluding carboxylic acids is 1. The summed E-state index contributed by atoms with van der Waals surface area (Å²) in [4.78, 5) is 27.0. The van der Waals surface area contributed by atoms with Crippen molar-refractivity contribution in [2.75, 3.05) is 31.1 Å². The third-order valence-electron chi connectivity index (χ3n) is 5.09. The fourth-order valence-corrected chi connectivity index (χ4v) is 3.77. The van der Waals surface area contributed by atoms with Crippen LogP contribution in [0.3, 0.4) is 0 Å². The maximum atomic E-state index is 12.8. The van der Waals surface area contributed by atoms with Gasteiger partial charge in [-0.3, -0.25) is 14.9 Å². The summed E-state index contributed by atoms with van der Waals surface area (Å²) in [5.74, 6) is 0.555. The number of aromatic nitrogens is 2. The SMILES string of the molecule is O=C(c1cc([N+](=O)[O-])ccc1Cl)N1CCN(c2cc3c(nn2)CCC3)CC1. The predicted molar refractivity (Wildman–Crippen MR) is 100 cm³/mol. The zero-order chi connectivity index (χ0) is 19.0. The van der Waals surface area contributed by atoms with E-state index in [4.69, 9.17) is 11.6 Å². The summed E-state index contributed by atoms with van der Waals surface area (Å²) < 4.78 is 0. The molecule has 1 fully saturated rings. The molecule has 2 aliphatic rings. The van der Waals surface area contributed by atoms with Crippen molar-refractivity contribution in [3.8, 4) is 0 Å². The van der Waals surface area contributed by atoms with Crippen LogP contribution in [0.15, 0.2) is 24.3 Å². The fraction of sp³-hybridized carbons (Fsp3) is 0.389. The first-order valence-electron chi connectivity index (χ1n) is 8.86. The molecule has 0 bridgehead atoms. The monoisotopic (exact) mass is 387 g/mol. The van der Waals surface area contributed by atoms with Crippen LogP contribution in [-0.2, 0) is 12.8 Å². The molecule has 2 heterocycles. The minimum atomic E-state index is -0.530. The Kier molecular flexibility index (Phi) is 4.65. The molecular formula is C18H18ClN5O3. The minimum Gasteiger partial charge on any atom is -0.352 e. The summed E-state index contributed by atoms with van der Waals surface area (Å²) in [6.45, 7) is 2.25. The predicted octanol–water partition coefficient (Wildman–Crippen LogP) is 2.49. The van der Waals surface area contributed by atoms with Crippen LogP contribution in [0.25, 0.3) is 0 Å². The number of non-ortho nitro benzene ring substituents is 1. The molecule has 0 unspecified atom stereocenters. The number of nitrogens with zero attached hydrogens (tertiary/aromatic N) is 5. The van der Waals surface area contributed by atoms with Gasteiger partial charge in [-0.05, 0) is 37.0 Å². The lowest BCUT2D eigenvalue weighted by molar-refractivity contribution is -0.384. The van der Waals surface area contributed by atoms with Gasteiger partial charge >= 0.3 is 0 Å². The lowest BCUT2D eigenvalue weighted by atomic mass is 10.1. The van der Waals surface area contributed by atoms with E-state index in [0.717, 1.165) is 30.8 Å². The standard InChI is InChI=1S/C18H18ClN5O3/c19-15-5-4-13(24(26)27)11-14(15)18(25)23-8-6-22(7-9-23)17-10-12-2-1-3-16(12)20-21-17/h4-5,10-11H,1-3,6-9H2. The number of hydrogen-bond donors (Lipinski definition) is 0. The zero-order valence-electron chi connectivity index (χ0n) is 14.6. The van der Waals surface area contributed by atoms with E-state index >= 15 is 0 Å². The average molecular weight is 388 g/mol. The Morgan fingerprint density at radius 3 is 2.63 bits per heavy atom. The Morgan fingerprint density at radius 1 is 1.11 bits per heavy atom. The van der Waals surface area contributed by atoms with Crippen LogP contribution in [0, 0.1) is 10.1 Å². The third kappa shape index (κ3) is 3.44. The summed E-state index contributed by atoms with van der Waals surface area (Å²) >= 11 is 6.09. The van der Waals surface area contributed by atoms with Gasteiger partial charge in [0.1, 0.15) is 0 Å². The highest BCUT2D eigenvalue weighted by atomic mass is 35.5. The Labute approximate surface area is 160 Å². The number of nitro benzene ring substituents is 1. The lowest BCUT2D eigenvalue weighted by Gasteiger charge is -2.35. The second-order valence-corrected chi connectivity index (χ2v) is 7.14. The molecule has 4 rings (SSSR count). The number of halogens is 1. The van der Waals surface area contributed by atoms with E-state index < -0.39 is 4.92 Å². The molecular weight excluding hydrogens is 370 g/mol. The molecule has 1 aromatic heterocycles. The smallest absolute Gasteiger partial charge is 0.270 e. The van der Waals surface area contributed by atoms with Gasteiger partial charge in [0.2, 0.25) is 0 Å². The van der Waals surface area contributed by atoms with Gasteiger partial charge in [0.15, 0.2) is 5.82 Å². The molecule has 0 atom stereocenters. The fourth-order valence-electron chi connectivity index (χ4n) is 3.57. The van der Waals surface area contributed by atoms with Crippen molar-refractivity contribution >= 4 is 29.0 Å². The van der Waals surface area contributed by atoms with E-state index in [0.29, 0.717) is 26.2 Å². The Bertz CT molecular complexity index is 912.